The maximum absolute atomic E-state index is 13.4. The highest BCUT2D eigenvalue weighted by atomic mass is 16.6. The zero-order chi connectivity index (χ0) is 28.3. The van der Waals surface area contributed by atoms with E-state index in [2.05, 4.69) is 39.9 Å². The number of carbonyl (C=O) groups is 3. The van der Waals surface area contributed by atoms with Gasteiger partial charge in [-0.15, -0.1) is 0 Å². The van der Waals surface area contributed by atoms with Crippen LogP contribution in [-0.4, -0.2) is 52.0 Å². The molecule has 0 bridgehead atoms. The molecule has 1 saturated carbocycles. The minimum atomic E-state index is -0.783. The third-order valence-corrected chi connectivity index (χ3v) is 7.26. The lowest BCUT2D eigenvalue weighted by molar-refractivity contribution is -0.131. The number of hydrogen-bond donors (Lipinski definition) is 3. The number of nitrogens with two attached hydrogens (primary N) is 1. The summed E-state index contributed by atoms with van der Waals surface area (Å²) in [7, 11) is 0. The summed E-state index contributed by atoms with van der Waals surface area (Å²) in [6, 6.07) is 10.6. The molecule has 1 aliphatic carbocycles. The van der Waals surface area contributed by atoms with Crippen LogP contribution >= 0.6 is 0 Å². The van der Waals surface area contributed by atoms with E-state index < -0.39 is 23.8 Å². The number of nitrogens with one attached hydrogen (secondary N) is 2. The maximum Gasteiger partial charge on any atom is 0.410 e. The van der Waals surface area contributed by atoms with Gasteiger partial charge in [0.2, 0.25) is 11.8 Å². The summed E-state index contributed by atoms with van der Waals surface area (Å²) in [6.45, 7) is 9.57. The molecule has 9 heteroatoms. The normalized spacial score (nSPS) is 19.9. The summed E-state index contributed by atoms with van der Waals surface area (Å²) in [5.41, 5.74) is 9.19. The standard InChI is InChI=1S/C30H41N5O4/c1-18-24(11-12-26(31)33-18)16-32-27(36)19(2)34-28(37)25-15-21(17-35(25)29(38)39-30(3,4)5)13-20-7-6-8-23(14-20)22-9-10-22/h6-8,11-12,14,19,21-22,25H,9-10,13,15-17H2,1-5H3,(H2,31,33)(H,32,36)(H,34,37)/t19?,21-,25+/m0/s1. The van der Waals surface area contributed by atoms with Crippen molar-refractivity contribution < 1.29 is 19.1 Å². The van der Waals surface area contributed by atoms with E-state index in [0.717, 1.165) is 17.7 Å². The van der Waals surface area contributed by atoms with E-state index in [4.69, 9.17) is 10.5 Å². The van der Waals surface area contributed by atoms with E-state index >= 15 is 0 Å². The Hall–Kier alpha value is -3.62. The summed E-state index contributed by atoms with van der Waals surface area (Å²) in [5, 5.41) is 5.65. The van der Waals surface area contributed by atoms with Crippen molar-refractivity contribution >= 4 is 23.7 Å². The van der Waals surface area contributed by atoms with E-state index in [9.17, 15) is 14.4 Å². The molecule has 1 aliphatic heterocycles. The van der Waals surface area contributed by atoms with Gasteiger partial charge in [0.15, 0.2) is 0 Å². The molecule has 2 aliphatic rings. The molecule has 4 N–H and O–H groups in total. The van der Waals surface area contributed by atoms with Crippen LogP contribution in [0.15, 0.2) is 36.4 Å². The van der Waals surface area contributed by atoms with E-state index in [-0.39, 0.29) is 24.3 Å². The highest BCUT2D eigenvalue weighted by Gasteiger charge is 2.42. The van der Waals surface area contributed by atoms with Crippen LogP contribution < -0.4 is 16.4 Å². The first kappa shape index (κ1) is 28.4. The second-order valence-corrected chi connectivity index (χ2v) is 11.9. The fraction of sp³-hybridized carbons (Fsp3) is 0.533. The number of benzene rings is 1. The molecule has 1 saturated heterocycles. The molecule has 1 unspecified atom stereocenters. The van der Waals surface area contributed by atoms with Crippen molar-refractivity contribution in [1.29, 1.82) is 0 Å². The van der Waals surface area contributed by atoms with Crippen LogP contribution in [0.1, 0.15) is 75.3 Å². The van der Waals surface area contributed by atoms with Crippen LogP contribution in [0.4, 0.5) is 10.6 Å². The largest absolute Gasteiger partial charge is 0.444 e. The van der Waals surface area contributed by atoms with Crippen molar-refractivity contribution in [2.24, 2.45) is 5.92 Å². The highest BCUT2D eigenvalue weighted by Crippen LogP contribution is 2.40. The van der Waals surface area contributed by atoms with Gasteiger partial charge in [-0.2, -0.15) is 0 Å². The van der Waals surface area contributed by atoms with Gasteiger partial charge in [-0.1, -0.05) is 30.3 Å². The molecule has 0 spiro atoms. The molecule has 4 rings (SSSR count). The smallest absolute Gasteiger partial charge is 0.410 e. The molecule has 2 aromatic rings. The van der Waals surface area contributed by atoms with E-state index in [1.807, 2.05) is 33.8 Å². The molecular weight excluding hydrogens is 494 g/mol. The van der Waals surface area contributed by atoms with Crippen molar-refractivity contribution in [2.45, 2.75) is 90.4 Å². The Balaban J connectivity index is 1.40. The lowest BCUT2D eigenvalue weighted by Crippen LogP contribution is -2.52. The quantitative estimate of drug-likeness (QED) is 0.471. The van der Waals surface area contributed by atoms with Crippen LogP contribution in [0.5, 0.6) is 0 Å². The molecule has 210 valence electrons. The van der Waals surface area contributed by atoms with E-state index in [1.54, 1.807) is 13.0 Å². The predicted molar refractivity (Wildman–Crippen MR) is 150 cm³/mol. The summed E-state index contributed by atoms with van der Waals surface area (Å²) < 4.78 is 5.63. The maximum atomic E-state index is 13.4. The molecule has 39 heavy (non-hydrogen) atoms. The number of likely N-dealkylation sites (tertiary alicyclic amines) is 1. The van der Waals surface area contributed by atoms with Crippen molar-refractivity contribution in [1.82, 2.24) is 20.5 Å². The summed E-state index contributed by atoms with van der Waals surface area (Å²) in [5.74, 6) is 0.507. The van der Waals surface area contributed by atoms with Gasteiger partial charge < -0.3 is 21.1 Å². The number of aryl methyl sites for hydroxylation is 1. The van der Waals surface area contributed by atoms with Crippen molar-refractivity contribution in [3.63, 3.8) is 0 Å². The molecule has 1 aromatic carbocycles. The minimum absolute atomic E-state index is 0.104. The number of amides is 3. The van der Waals surface area contributed by atoms with Crippen LogP contribution in [0, 0.1) is 12.8 Å². The van der Waals surface area contributed by atoms with Crippen LogP contribution in [0.2, 0.25) is 0 Å². The first-order valence-electron chi connectivity index (χ1n) is 13.8. The van der Waals surface area contributed by atoms with Gasteiger partial charge >= 0.3 is 6.09 Å². The second-order valence-electron chi connectivity index (χ2n) is 11.9. The van der Waals surface area contributed by atoms with Crippen LogP contribution in [-0.2, 0) is 27.3 Å². The zero-order valence-corrected chi connectivity index (χ0v) is 23.6. The van der Waals surface area contributed by atoms with Gasteiger partial charge in [0, 0.05) is 18.8 Å². The Morgan fingerprint density at radius 3 is 2.59 bits per heavy atom. The molecular formula is C30H41N5O4. The van der Waals surface area contributed by atoms with Gasteiger partial charge in [-0.25, -0.2) is 9.78 Å². The number of hydrogen-bond acceptors (Lipinski definition) is 6. The SMILES string of the molecule is Cc1nc(N)ccc1CNC(=O)C(C)NC(=O)[C@H]1C[C@H](Cc2cccc(C3CC3)c2)CN1C(=O)OC(C)(C)C. The number of carbonyl (C=O) groups excluding carboxylic acids is 3. The summed E-state index contributed by atoms with van der Waals surface area (Å²) >= 11 is 0. The molecule has 2 heterocycles. The van der Waals surface area contributed by atoms with Gasteiger partial charge in [-0.3, -0.25) is 14.5 Å². The lowest BCUT2D eigenvalue weighted by Gasteiger charge is -2.28. The Labute approximate surface area is 230 Å². The first-order chi connectivity index (χ1) is 18.4. The number of pyridine rings is 1. The first-order valence-corrected chi connectivity index (χ1v) is 13.8. The van der Waals surface area contributed by atoms with Gasteiger partial charge in [0.25, 0.3) is 0 Å². The topological polar surface area (TPSA) is 127 Å². The van der Waals surface area contributed by atoms with Crippen molar-refractivity contribution in [3.05, 3.63) is 58.8 Å². The van der Waals surface area contributed by atoms with E-state index in [1.165, 1.54) is 28.9 Å². The molecule has 3 amide bonds. The Kier molecular flexibility index (Phi) is 8.47. The van der Waals surface area contributed by atoms with Crippen LogP contribution in [0.25, 0.3) is 0 Å². The second kappa shape index (κ2) is 11.6. The summed E-state index contributed by atoms with van der Waals surface area (Å²) in [4.78, 5) is 45.0. The fourth-order valence-electron chi connectivity index (χ4n) is 5.07. The third-order valence-electron chi connectivity index (χ3n) is 7.26. The molecule has 0 radical (unpaired) electrons. The van der Waals surface area contributed by atoms with Crippen molar-refractivity contribution in [3.8, 4) is 0 Å². The number of nitrogens with zero attached hydrogens (tertiary/aromatic N) is 2. The molecule has 9 nitrogen and oxygen atoms in total. The summed E-state index contributed by atoms with van der Waals surface area (Å²) in [6.07, 6.45) is 3.24. The fourth-order valence-corrected chi connectivity index (χ4v) is 5.07. The lowest BCUT2D eigenvalue weighted by atomic mass is 9.95. The van der Waals surface area contributed by atoms with E-state index in [0.29, 0.717) is 24.7 Å². The average molecular weight is 536 g/mol. The van der Waals surface area contributed by atoms with Gasteiger partial charge in [0.1, 0.15) is 23.5 Å². The third kappa shape index (κ3) is 7.71. The number of anilines is 1. The molecule has 3 atom stereocenters. The zero-order valence-electron chi connectivity index (χ0n) is 23.6. The number of rotatable bonds is 8. The Morgan fingerprint density at radius 2 is 1.92 bits per heavy atom. The highest BCUT2D eigenvalue weighted by molar-refractivity contribution is 5.91. The number of nitrogen functional groups attached to an aromatic ring is 1. The monoisotopic (exact) mass is 535 g/mol. The molecule has 1 aromatic heterocycles. The van der Waals surface area contributed by atoms with Crippen molar-refractivity contribution in [2.75, 3.05) is 12.3 Å². The molecule has 2 fully saturated rings. The van der Waals surface area contributed by atoms with Crippen LogP contribution in [0.3, 0.4) is 0 Å². The number of aromatic nitrogens is 1. The number of ether oxygens (including phenoxy) is 1. The van der Waals surface area contributed by atoms with Gasteiger partial charge in [-0.05, 0) is 94.9 Å². The van der Waals surface area contributed by atoms with Gasteiger partial charge in [0.05, 0.1) is 0 Å². The Morgan fingerprint density at radius 1 is 1.18 bits per heavy atom. The average Bonchev–Trinajstić information content (AvgIpc) is 3.62. The predicted octanol–water partition coefficient (Wildman–Crippen LogP) is 3.84. The minimum Gasteiger partial charge on any atom is -0.444 e. The Bertz CT molecular complexity index is 1220.